The van der Waals surface area contributed by atoms with Gasteiger partial charge in [-0.15, -0.1) is 0 Å². The van der Waals surface area contributed by atoms with Crippen LogP contribution in [0.1, 0.15) is 17.3 Å². The van der Waals surface area contributed by atoms with E-state index in [0.717, 1.165) is 40.9 Å². The first-order chi connectivity index (χ1) is 14.8. The first kappa shape index (κ1) is 19.6. The number of amides is 1. The number of H-pyrrole nitrogens is 1. The Balaban J connectivity index is 1.55. The van der Waals surface area contributed by atoms with Crippen molar-refractivity contribution >= 4 is 22.5 Å². The number of carbonyl (C=O) groups excluding carboxylic acids is 1. The number of para-hydroxylation sites is 2. The first-order valence-corrected chi connectivity index (χ1v) is 10.2. The van der Waals surface area contributed by atoms with Crippen LogP contribution >= 0.6 is 0 Å². The van der Waals surface area contributed by atoms with Crippen LogP contribution in [0.25, 0.3) is 22.2 Å². The summed E-state index contributed by atoms with van der Waals surface area (Å²) in [5, 5.41) is 3.94. The van der Waals surface area contributed by atoms with Gasteiger partial charge in [0.2, 0.25) is 0 Å². The van der Waals surface area contributed by atoms with E-state index in [1.165, 1.54) is 0 Å². The van der Waals surface area contributed by atoms with E-state index in [-0.39, 0.29) is 5.91 Å². The number of carbonyl (C=O) groups is 1. The van der Waals surface area contributed by atoms with Gasteiger partial charge in [0.05, 0.1) is 22.3 Å². The minimum Gasteiger partial charge on any atom is -0.370 e. The normalized spacial score (nSPS) is 10.7. The number of fused-ring (bicyclic) bond motifs is 1. The van der Waals surface area contributed by atoms with E-state index in [4.69, 9.17) is 4.98 Å². The molecule has 0 spiro atoms. The summed E-state index contributed by atoms with van der Waals surface area (Å²) in [4.78, 5) is 23.2. The molecular formula is C25H25N4O+. The van der Waals surface area contributed by atoms with Gasteiger partial charge >= 0.3 is 0 Å². The maximum absolute atomic E-state index is 13.1. The number of benzene rings is 2. The lowest BCUT2D eigenvalue weighted by molar-refractivity contribution is -0.377. The fourth-order valence-electron chi connectivity index (χ4n) is 3.57. The molecule has 0 unspecified atom stereocenters. The number of aromatic nitrogens is 2. The van der Waals surface area contributed by atoms with Crippen LogP contribution in [0.5, 0.6) is 0 Å². The Morgan fingerprint density at radius 3 is 2.60 bits per heavy atom. The Hall–Kier alpha value is -3.73. The van der Waals surface area contributed by atoms with Crippen LogP contribution in [0.2, 0.25) is 0 Å². The van der Waals surface area contributed by atoms with Gasteiger partial charge in [-0.05, 0) is 37.3 Å². The minimum atomic E-state index is -0.0844. The zero-order chi connectivity index (χ0) is 20.8. The number of likely N-dealkylation sites (N-methyl/N-ethyl adjacent to an activating group) is 1. The molecule has 0 saturated carbocycles. The van der Waals surface area contributed by atoms with Crippen molar-refractivity contribution in [2.45, 2.75) is 6.92 Å². The van der Waals surface area contributed by atoms with Gasteiger partial charge in [-0.1, -0.05) is 36.4 Å². The van der Waals surface area contributed by atoms with Crippen molar-refractivity contribution in [2.75, 3.05) is 24.5 Å². The highest BCUT2D eigenvalue weighted by molar-refractivity contribution is 6.07. The molecule has 2 heterocycles. The van der Waals surface area contributed by atoms with Gasteiger partial charge in [0.25, 0.3) is 5.91 Å². The van der Waals surface area contributed by atoms with Gasteiger partial charge < -0.3 is 10.2 Å². The van der Waals surface area contributed by atoms with E-state index in [1.807, 2.05) is 73.1 Å². The van der Waals surface area contributed by atoms with Gasteiger partial charge in [0.1, 0.15) is 0 Å². The van der Waals surface area contributed by atoms with E-state index >= 15 is 0 Å². The highest BCUT2D eigenvalue weighted by atomic mass is 16.1. The van der Waals surface area contributed by atoms with E-state index in [0.29, 0.717) is 12.1 Å². The molecule has 0 atom stereocenters. The number of hydrogen-bond donors (Lipinski definition) is 1. The van der Waals surface area contributed by atoms with Crippen LogP contribution in [0.15, 0.2) is 85.2 Å². The molecule has 5 nitrogen and oxygen atoms in total. The summed E-state index contributed by atoms with van der Waals surface area (Å²) in [5.74, 6) is -0.0844. The van der Waals surface area contributed by atoms with Crippen molar-refractivity contribution in [3.8, 4) is 11.3 Å². The van der Waals surface area contributed by atoms with Crippen LogP contribution in [-0.2, 0) is 0 Å². The van der Waals surface area contributed by atoms with Crippen molar-refractivity contribution < 1.29 is 9.78 Å². The summed E-state index contributed by atoms with van der Waals surface area (Å²) in [7, 11) is 0. The summed E-state index contributed by atoms with van der Waals surface area (Å²) < 4.78 is 0. The second kappa shape index (κ2) is 9.18. The molecular weight excluding hydrogens is 372 g/mol. The molecule has 2 aromatic heterocycles. The first-order valence-electron chi connectivity index (χ1n) is 10.2. The summed E-state index contributed by atoms with van der Waals surface area (Å²) in [6.45, 7) is 4.31. The van der Waals surface area contributed by atoms with Crippen molar-refractivity contribution in [2.24, 2.45) is 0 Å². The van der Waals surface area contributed by atoms with Gasteiger partial charge in [0, 0.05) is 36.8 Å². The summed E-state index contributed by atoms with van der Waals surface area (Å²) >= 11 is 0. The van der Waals surface area contributed by atoms with E-state index < -0.39 is 0 Å². The summed E-state index contributed by atoms with van der Waals surface area (Å²) in [6, 6.07) is 23.8. The Bertz CT molecular complexity index is 1130. The number of hydrogen-bond acceptors (Lipinski definition) is 3. The van der Waals surface area contributed by atoms with Gasteiger partial charge in [0.15, 0.2) is 12.4 Å². The predicted molar refractivity (Wildman–Crippen MR) is 120 cm³/mol. The van der Waals surface area contributed by atoms with E-state index in [1.54, 1.807) is 0 Å². The van der Waals surface area contributed by atoms with Crippen LogP contribution in [0.3, 0.4) is 0 Å². The lowest BCUT2D eigenvalue weighted by atomic mass is 10.0. The summed E-state index contributed by atoms with van der Waals surface area (Å²) in [5.41, 5.74) is 4.32. The maximum atomic E-state index is 13.1. The molecule has 0 aliphatic rings. The van der Waals surface area contributed by atoms with Crippen molar-refractivity contribution in [1.29, 1.82) is 0 Å². The number of anilines is 1. The molecule has 30 heavy (non-hydrogen) atoms. The fourth-order valence-corrected chi connectivity index (χ4v) is 3.57. The molecule has 0 fully saturated rings. The molecule has 4 aromatic rings. The molecule has 4 rings (SSSR count). The third kappa shape index (κ3) is 4.30. The Morgan fingerprint density at radius 2 is 1.83 bits per heavy atom. The highest BCUT2D eigenvalue weighted by Gasteiger charge is 2.15. The lowest BCUT2D eigenvalue weighted by Gasteiger charge is -2.23. The van der Waals surface area contributed by atoms with Crippen LogP contribution in [0, 0.1) is 0 Å². The van der Waals surface area contributed by atoms with Crippen LogP contribution in [0.4, 0.5) is 5.69 Å². The Morgan fingerprint density at radius 1 is 1.03 bits per heavy atom. The highest BCUT2D eigenvalue weighted by Crippen LogP contribution is 2.24. The van der Waals surface area contributed by atoms with Crippen molar-refractivity contribution in [3.63, 3.8) is 0 Å². The third-order valence-electron chi connectivity index (χ3n) is 5.13. The monoisotopic (exact) mass is 397 g/mol. The van der Waals surface area contributed by atoms with Crippen molar-refractivity contribution in [3.05, 3.63) is 90.8 Å². The number of rotatable bonds is 7. The van der Waals surface area contributed by atoms with Crippen LogP contribution < -0.4 is 15.2 Å². The number of pyridine rings is 2. The number of nitrogens with one attached hydrogen (secondary N) is 2. The Labute approximate surface area is 176 Å². The second-order valence-electron chi connectivity index (χ2n) is 7.04. The molecule has 2 N–H and O–H groups in total. The van der Waals surface area contributed by atoms with E-state index in [9.17, 15) is 4.79 Å². The van der Waals surface area contributed by atoms with Gasteiger partial charge in [-0.2, -0.15) is 0 Å². The lowest BCUT2D eigenvalue weighted by Crippen LogP contribution is -2.35. The molecule has 0 radical (unpaired) electrons. The fraction of sp³-hybridized carbons (Fsp3) is 0.160. The molecule has 0 aliphatic carbocycles. The second-order valence-corrected chi connectivity index (χ2v) is 7.04. The van der Waals surface area contributed by atoms with Gasteiger partial charge in [-0.25, -0.2) is 9.97 Å². The molecule has 1 amide bonds. The molecule has 0 aliphatic heterocycles. The average molecular weight is 398 g/mol. The molecule has 150 valence electrons. The number of nitrogens with zero attached hydrogens (tertiary/aromatic N) is 2. The van der Waals surface area contributed by atoms with Crippen LogP contribution in [-0.4, -0.2) is 30.5 Å². The van der Waals surface area contributed by atoms with E-state index in [2.05, 4.69) is 34.3 Å². The smallest absolute Gasteiger partial charge is 0.252 e. The minimum absolute atomic E-state index is 0.0844. The average Bonchev–Trinajstić information content (AvgIpc) is 2.82. The molecule has 2 aromatic carbocycles. The summed E-state index contributed by atoms with van der Waals surface area (Å²) in [6.07, 6.45) is 3.74. The SMILES string of the molecule is CCN(CCNC(=O)c1cc(-c2ccc[nH+]c2)nc2ccccc12)c1ccccc1. The molecule has 0 bridgehead atoms. The van der Waals surface area contributed by atoms with Gasteiger partial charge in [-0.3, -0.25) is 4.79 Å². The largest absolute Gasteiger partial charge is 0.370 e. The topological polar surface area (TPSA) is 59.4 Å². The molecule has 5 heteroatoms. The third-order valence-corrected chi connectivity index (χ3v) is 5.13. The standard InChI is InChI=1S/C25H24N4O/c1-2-29(20-10-4-3-5-11-20)16-15-27-25(30)22-17-24(19-9-8-14-26-18-19)28-23-13-7-6-12-21(22)23/h3-14,17-18H,2,15-16H2,1H3,(H,27,30)/p+1. The Kier molecular flexibility index (Phi) is 5.99. The maximum Gasteiger partial charge on any atom is 0.252 e. The quantitative estimate of drug-likeness (QED) is 0.513. The number of aromatic amines is 1. The predicted octanol–water partition coefficient (Wildman–Crippen LogP) is 3.97. The van der Waals surface area contributed by atoms with Crippen molar-refractivity contribution in [1.82, 2.24) is 10.3 Å². The zero-order valence-electron chi connectivity index (χ0n) is 17.0. The zero-order valence-corrected chi connectivity index (χ0v) is 17.0. The molecule has 0 saturated heterocycles.